The van der Waals surface area contributed by atoms with Gasteiger partial charge in [0.05, 0.1) is 16.2 Å². The van der Waals surface area contributed by atoms with Crippen molar-refractivity contribution >= 4 is 48.4 Å². The minimum atomic E-state index is -3.78. The number of carbonyl (C=O) groups is 2. The highest BCUT2D eigenvalue weighted by molar-refractivity contribution is 7.89. The van der Waals surface area contributed by atoms with Gasteiger partial charge < -0.3 is 10.2 Å². The van der Waals surface area contributed by atoms with E-state index in [4.69, 9.17) is 0 Å². The largest absolute Gasteiger partial charge is 0.338 e. The fourth-order valence-corrected chi connectivity index (χ4v) is 7.08. The minimum absolute atomic E-state index is 0.159. The molecular weight excluding hydrogens is 536 g/mol. The molecule has 202 valence electrons. The van der Waals surface area contributed by atoms with Gasteiger partial charge in [0.2, 0.25) is 10.0 Å². The molecule has 3 heterocycles. The van der Waals surface area contributed by atoms with Crippen LogP contribution < -0.4 is 10.6 Å². The van der Waals surface area contributed by atoms with Crippen molar-refractivity contribution < 1.29 is 18.0 Å². The number of anilines is 1. The number of nitrogens with zero attached hydrogens (tertiary/aromatic N) is 4. The molecule has 5 rings (SSSR count). The number of thiophene rings is 1. The Balaban J connectivity index is 1.34. The summed E-state index contributed by atoms with van der Waals surface area (Å²) in [7, 11) is -3.78. The number of aryl methyl sites for hydroxylation is 1. The number of urea groups is 1. The van der Waals surface area contributed by atoms with Crippen molar-refractivity contribution in [2.45, 2.75) is 18.7 Å². The van der Waals surface area contributed by atoms with Gasteiger partial charge in [0.25, 0.3) is 5.91 Å². The van der Waals surface area contributed by atoms with Crippen molar-refractivity contribution in [3.05, 3.63) is 72.2 Å². The van der Waals surface area contributed by atoms with Crippen LogP contribution in [0.3, 0.4) is 0 Å². The van der Waals surface area contributed by atoms with Gasteiger partial charge in [-0.2, -0.15) is 4.31 Å². The Morgan fingerprint density at radius 3 is 2.54 bits per heavy atom. The van der Waals surface area contributed by atoms with E-state index in [-0.39, 0.29) is 43.0 Å². The van der Waals surface area contributed by atoms with Crippen LogP contribution in [0.2, 0.25) is 0 Å². The van der Waals surface area contributed by atoms with Gasteiger partial charge in [-0.15, -0.1) is 11.3 Å². The third kappa shape index (κ3) is 5.49. The van der Waals surface area contributed by atoms with Crippen molar-refractivity contribution in [3.63, 3.8) is 0 Å². The van der Waals surface area contributed by atoms with Crippen LogP contribution >= 0.6 is 11.3 Å². The molecule has 2 aromatic carbocycles. The normalized spacial score (nSPS) is 14.4. The molecule has 1 aliphatic heterocycles. The summed E-state index contributed by atoms with van der Waals surface area (Å²) in [6.07, 6.45) is 1.64. The number of piperazine rings is 1. The van der Waals surface area contributed by atoms with Crippen LogP contribution in [-0.4, -0.2) is 72.3 Å². The SMILES string of the molecule is CCNC(=O)Nc1sc2ccccc2c1C(=O)N1CCN(S(=O)(=O)c2cccc(-c3ccnc(C)n3)c2)CC1. The minimum Gasteiger partial charge on any atom is -0.338 e. The van der Waals surface area contributed by atoms with E-state index in [2.05, 4.69) is 20.6 Å². The second-order valence-electron chi connectivity index (χ2n) is 9.00. The quantitative estimate of drug-likeness (QED) is 0.365. The highest BCUT2D eigenvalue weighted by atomic mass is 32.2. The van der Waals surface area contributed by atoms with Gasteiger partial charge in [0, 0.05) is 54.6 Å². The van der Waals surface area contributed by atoms with E-state index in [0.717, 1.165) is 10.1 Å². The molecule has 0 aliphatic carbocycles. The maximum atomic E-state index is 13.7. The monoisotopic (exact) mass is 564 g/mol. The number of amides is 3. The maximum absolute atomic E-state index is 13.7. The molecule has 1 aliphatic rings. The molecule has 4 aromatic rings. The molecule has 0 atom stereocenters. The fraction of sp³-hybridized carbons (Fsp3) is 0.259. The number of nitrogens with one attached hydrogen (secondary N) is 2. The first-order chi connectivity index (χ1) is 18.8. The average Bonchev–Trinajstić information content (AvgIpc) is 3.30. The average molecular weight is 565 g/mol. The Hall–Kier alpha value is -3.87. The first-order valence-electron chi connectivity index (χ1n) is 12.5. The predicted molar refractivity (Wildman–Crippen MR) is 151 cm³/mol. The van der Waals surface area contributed by atoms with E-state index < -0.39 is 10.0 Å². The molecule has 0 radical (unpaired) electrons. The van der Waals surface area contributed by atoms with Crippen LogP contribution in [0.25, 0.3) is 21.3 Å². The highest BCUT2D eigenvalue weighted by Crippen LogP contribution is 2.37. The van der Waals surface area contributed by atoms with Crippen molar-refractivity contribution in [3.8, 4) is 11.3 Å². The number of fused-ring (bicyclic) bond motifs is 1. The molecular formula is C27H28N6O4S2. The molecule has 1 fully saturated rings. The molecule has 1 saturated heterocycles. The summed E-state index contributed by atoms with van der Waals surface area (Å²) in [5.74, 6) is 0.363. The summed E-state index contributed by atoms with van der Waals surface area (Å²) in [6, 6.07) is 15.6. The third-order valence-corrected chi connectivity index (χ3v) is 9.42. The molecule has 0 bridgehead atoms. The summed E-state index contributed by atoms with van der Waals surface area (Å²) in [5, 5.41) is 6.72. The molecule has 12 heteroatoms. The lowest BCUT2D eigenvalue weighted by Crippen LogP contribution is -2.50. The van der Waals surface area contributed by atoms with Crippen LogP contribution in [0.5, 0.6) is 0 Å². The Bertz CT molecular complexity index is 1650. The topological polar surface area (TPSA) is 125 Å². The van der Waals surface area contributed by atoms with Gasteiger partial charge in [0.15, 0.2) is 0 Å². The number of aromatic nitrogens is 2. The Kier molecular flexibility index (Phi) is 7.60. The molecule has 3 amide bonds. The number of benzene rings is 2. The maximum Gasteiger partial charge on any atom is 0.319 e. The number of carbonyl (C=O) groups excluding carboxylic acids is 2. The first kappa shape index (κ1) is 26.7. The molecule has 0 saturated carbocycles. The lowest BCUT2D eigenvalue weighted by atomic mass is 10.1. The second kappa shape index (κ2) is 11.1. The number of sulfonamides is 1. The third-order valence-electron chi connectivity index (χ3n) is 6.44. The molecule has 39 heavy (non-hydrogen) atoms. The van der Waals surface area contributed by atoms with Gasteiger partial charge in [-0.05, 0) is 38.1 Å². The highest BCUT2D eigenvalue weighted by Gasteiger charge is 2.32. The van der Waals surface area contributed by atoms with Crippen LogP contribution in [-0.2, 0) is 10.0 Å². The summed E-state index contributed by atoms with van der Waals surface area (Å²) in [5.41, 5.74) is 1.76. The molecule has 0 unspecified atom stereocenters. The van der Waals surface area contributed by atoms with Gasteiger partial charge in [-0.1, -0.05) is 30.3 Å². The number of hydrogen-bond acceptors (Lipinski definition) is 7. The summed E-state index contributed by atoms with van der Waals surface area (Å²) < 4.78 is 29.3. The van der Waals surface area contributed by atoms with Crippen molar-refractivity contribution in [1.82, 2.24) is 24.5 Å². The number of hydrogen-bond donors (Lipinski definition) is 2. The smallest absolute Gasteiger partial charge is 0.319 e. The van der Waals surface area contributed by atoms with E-state index in [9.17, 15) is 18.0 Å². The van der Waals surface area contributed by atoms with Crippen LogP contribution in [0, 0.1) is 6.92 Å². The lowest BCUT2D eigenvalue weighted by Gasteiger charge is -2.34. The van der Waals surface area contributed by atoms with Crippen molar-refractivity contribution in [2.24, 2.45) is 0 Å². The Morgan fingerprint density at radius 1 is 1.03 bits per heavy atom. The molecule has 2 N–H and O–H groups in total. The fourth-order valence-electron chi connectivity index (χ4n) is 4.53. The first-order valence-corrected chi connectivity index (χ1v) is 14.8. The summed E-state index contributed by atoms with van der Waals surface area (Å²) in [6.45, 7) is 4.83. The zero-order chi connectivity index (χ0) is 27.6. The second-order valence-corrected chi connectivity index (χ2v) is 12.0. The van der Waals surface area contributed by atoms with Crippen LogP contribution in [0.4, 0.5) is 9.80 Å². The molecule has 0 spiro atoms. The van der Waals surface area contributed by atoms with E-state index in [0.29, 0.717) is 34.2 Å². The lowest BCUT2D eigenvalue weighted by molar-refractivity contribution is 0.0701. The summed E-state index contributed by atoms with van der Waals surface area (Å²) >= 11 is 1.34. The van der Waals surface area contributed by atoms with Crippen molar-refractivity contribution in [2.75, 3.05) is 38.0 Å². The van der Waals surface area contributed by atoms with Gasteiger partial charge >= 0.3 is 6.03 Å². The zero-order valence-electron chi connectivity index (χ0n) is 21.5. The molecule has 2 aromatic heterocycles. The van der Waals surface area contributed by atoms with Gasteiger partial charge in [0.1, 0.15) is 10.8 Å². The van der Waals surface area contributed by atoms with E-state index in [1.807, 2.05) is 37.3 Å². The summed E-state index contributed by atoms with van der Waals surface area (Å²) in [4.78, 5) is 36.2. The molecule has 10 nitrogen and oxygen atoms in total. The van der Waals surface area contributed by atoms with Crippen molar-refractivity contribution in [1.29, 1.82) is 0 Å². The number of rotatable bonds is 6. The Labute approximate surface area is 230 Å². The van der Waals surface area contributed by atoms with E-state index in [1.54, 1.807) is 42.3 Å². The van der Waals surface area contributed by atoms with E-state index >= 15 is 0 Å². The Morgan fingerprint density at radius 2 is 1.79 bits per heavy atom. The van der Waals surface area contributed by atoms with Gasteiger partial charge in [-0.25, -0.2) is 23.2 Å². The zero-order valence-corrected chi connectivity index (χ0v) is 23.2. The van der Waals surface area contributed by atoms with Gasteiger partial charge in [-0.3, -0.25) is 10.1 Å². The predicted octanol–water partition coefficient (Wildman–Crippen LogP) is 3.95. The van der Waals surface area contributed by atoms with Crippen LogP contribution in [0.1, 0.15) is 23.1 Å². The van der Waals surface area contributed by atoms with E-state index in [1.165, 1.54) is 15.6 Å². The standard InChI is InChI=1S/C27H28N6O4S2/c1-3-28-27(35)31-25-24(21-9-4-5-10-23(21)38-25)26(34)32-13-15-33(16-14-32)39(36,37)20-8-6-7-19(17-20)22-11-12-29-18(2)30-22/h4-12,17H,3,13-16H2,1-2H3,(H2,28,31,35). The van der Waals surface area contributed by atoms with Crippen LogP contribution in [0.15, 0.2) is 65.7 Å².